The number of likely N-dealkylation sites (tertiary alicyclic amines) is 1. The highest BCUT2D eigenvalue weighted by atomic mass is 16.5. The van der Waals surface area contributed by atoms with Crippen molar-refractivity contribution >= 4 is 16.8 Å². The molecule has 3 aromatic rings. The largest absolute Gasteiger partial charge is 0.471 e. The maximum atomic E-state index is 12.9. The van der Waals surface area contributed by atoms with E-state index in [0.717, 1.165) is 30.3 Å². The Balaban J connectivity index is 1.50. The van der Waals surface area contributed by atoms with Gasteiger partial charge in [-0.05, 0) is 25.0 Å². The number of benzene rings is 1. The first-order valence-electron chi connectivity index (χ1n) is 8.11. The van der Waals surface area contributed by atoms with E-state index in [4.69, 9.17) is 4.74 Å². The van der Waals surface area contributed by atoms with Gasteiger partial charge in [-0.2, -0.15) is 5.10 Å². The average Bonchev–Trinajstić information content (AvgIpc) is 3.06. The third-order valence-corrected chi connectivity index (χ3v) is 4.32. The van der Waals surface area contributed by atoms with Gasteiger partial charge in [-0.15, -0.1) is 5.10 Å². The summed E-state index contributed by atoms with van der Waals surface area (Å²) in [5.41, 5.74) is 1.69. The molecule has 1 aromatic carbocycles. The smallest absolute Gasteiger partial charge is 0.256 e. The van der Waals surface area contributed by atoms with Crippen LogP contribution in [0.4, 0.5) is 0 Å². The summed E-state index contributed by atoms with van der Waals surface area (Å²) >= 11 is 0. The molecule has 6 heteroatoms. The lowest BCUT2D eigenvalue weighted by atomic mass is 10.1. The minimum absolute atomic E-state index is 0.0416. The number of amides is 1. The third-order valence-electron chi connectivity index (χ3n) is 4.32. The SMILES string of the molecule is O=C(c1c[nH]c2ccccc12)N1CCCC(Oc2cccnn2)C1. The molecule has 0 saturated carbocycles. The molecule has 0 aliphatic carbocycles. The van der Waals surface area contributed by atoms with Crippen molar-refractivity contribution in [2.24, 2.45) is 0 Å². The highest BCUT2D eigenvalue weighted by Crippen LogP contribution is 2.22. The molecule has 1 fully saturated rings. The lowest BCUT2D eigenvalue weighted by Gasteiger charge is -2.32. The van der Waals surface area contributed by atoms with Gasteiger partial charge < -0.3 is 14.6 Å². The molecule has 24 heavy (non-hydrogen) atoms. The summed E-state index contributed by atoms with van der Waals surface area (Å²) in [6.07, 6.45) is 5.18. The molecule has 1 atom stereocenters. The van der Waals surface area contributed by atoms with E-state index in [0.29, 0.717) is 18.0 Å². The number of nitrogens with one attached hydrogen (secondary N) is 1. The maximum Gasteiger partial charge on any atom is 0.256 e. The number of aromatic nitrogens is 3. The molecular formula is C18H18N4O2. The number of piperidine rings is 1. The van der Waals surface area contributed by atoms with Gasteiger partial charge in [0.25, 0.3) is 5.91 Å². The number of nitrogens with zero attached hydrogens (tertiary/aromatic N) is 3. The Morgan fingerprint density at radius 2 is 2.17 bits per heavy atom. The molecule has 2 aromatic heterocycles. The number of hydrogen-bond acceptors (Lipinski definition) is 4. The number of ether oxygens (including phenoxy) is 1. The zero-order valence-corrected chi connectivity index (χ0v) is 13.2. The molecule has 1 saturated heterocycles. The first-order valence-corrected chi connectivity index (χ1v) is 8.11. The fourth-order valence-electron chi connectivity index (χ4n) is 3.16. The average molecular weight is 322 g/mol. The topological polar surface area (TPSA) is 71.1 Å². The van der Waals surface area contributed by atoms with Gasteiger partial charge in [-0.1, -0.05) is 18.2 Å². The minimum atomic E-state index is -0.0513. The molecule has 1 N–H and O–H groups in total. The predicted molar refractivity (Wildman–Crippen MR) is 89.9 cm³/mol. The molecule has 6 nitrogen and oxygen atoms in total. The summed E-state index contributed by atoms with van der Waals surface area (Å²) in [6, 6.07) is 11.4. The normalized spacial score (nSPS) is 17.8. The number of hydrogen-bond donors (Lipinski definition) is 1. The third kappa shape index (κ3) is 2.82. The van der Waals surface area contributed by atoms with Gasteiger partial charge in [0.05, 0.1) is 12.1 Å². The van der Waals surface area contributed by atoms with E-state index in [-0.39, 0.29) is 12.0 Å². The van der Waals surface area contributed by atoms with Gasteiger partial charge in [-0.25, -0.2) is 0 Å². The van der Waals surface area contributed by atoms with Crippen LogP contribution in [0.2, 0.25) is 0 Å². The van der Waals surface area contributed by atoms with Crippen LogP contribution in [-0.2, 0) is 0 Å². The van der Waals surface area contributed by atoms with Gasteiger partial charge >= 0.3 is 0 Å². The Labute approximate surface area is 139 Å². The lowest BCUT2D eigenvalue weighted by molar-refractivity contribution is 0.0527. The van der Waals surface area contributed by atoms with Crippen molar-refractivity contribution in [3.8, 4) is 5.88 Å². The summed E-state index contributed by atoms with van der Waals surface area (Å²) in [6.45, 7) is 1.31. The number of rotatable bonds is 3. The van der Waals surface area contributed by atoms with E-state index in [9.17, 15) is 4.79 Å². The highest BCUT2D eigenvalue weighted by Gasteiger charge is 2.27. The van der Waals surface area contributed by atoms with Crippen LogP contribution in [0.5, 0.6) is 5.88 Å². The van der Waals surface area contributed by atoms with Crippen LogP contribution in [0.25, 0.3) is 10.9 Å². The molecule has 0 bridgehead atoms. The Bertz CT molecular complexity index is 846. The zero-order chi connectivity index (χ0) is 16.4. The molecule has 3 heterocycles. The highest BCUT2D eigenvalue weighted by molar-refractivity contribution is 6.06. The second-order valence-electron chi connectivity index (χ2n) is 5.94. The quantitative estimate of drug-likeness (QED) is 0.805. The number of aromatic amines is 1. The first-order chi connectivity index (χ1) is 11.8. The molecule has 0 radical (unpaired) electrons. The second-order valence-corrected chi connectivity index (χ2v) is 5.94. The van der Waals surface area contributed by atoms with Crippen molar-refractivity contribution in [2.75, 3.05) is 13.1 Å². The Hall–Kier alpha value is -2.89. The van der Waals surface area contributed by atoms with E-state index in [1.165, 1.54) is 0 Å². The summed E-state index contributed by atoms with van der Waals surface area (Å²) in [7, 11) is 0. The number of para-hydroxylation sites is 1. The summed E-state index contributed by atoms with van der Waals surface area (Å²) in [4.78, 5) is 17.9. The van der Waals surface area contributed by atoms with Crippen LogP contribution in [0.15, 0.2) is 48.8 Å². The summed E-state index contributed by atoms with van der Waals surface area (Å²) in [5.74, 6) is 0.545. The molecule has 122 valence electrons. The standard InChI is InChI=1S/C18H18N4O2/c23-18(15-11-19-16-7-2-1-6-14(15)16)22-10-4-5-13(12-22)24-17-8-3-9-20-21-17/h1-3,6-9,11,13,19H,4-5,10,12H2. The monoisotopic (exact) mass is 322 g/mol. The minimum Gasteiger partial charge on any atom is -0.471 e. The van der Waals surface area contributed by atoms with Crippen molar-refractivity contribution in [3.05, 3.63) is 54.4 Å². The van der Waals surface area contributed by atoms with E-state index in [1.807, 2.05) is 29.2 Å². The number of carbonyl (C=O) groups is 1. The van der Waals surface area contributed by atoms with Crippen molar-refractivity contribution in [3.63, 3.8) is 0 Å². The Morgan fingerprint density at radius 1 is 1.25 bits per heavy atom. The van der Waals surface area contributed by atoms with Crippen LogP contribution < -0.4 is 4.74 Å². The van der Waals surface area contributed by atoms with Crippen molar-refractivity contribution in [1.82, 2.24) is 20.1 Å². The number of carbonyl (C=O) groups excluding carboxylic acids is 1. The van der Waals surface area contributed by atoms with Gasteiger partial charge in [0.15, 0.2) is 0 Å². The van der Waals surface area contributed by atoms with Gasteiger partial charge in [0.1, 0.15) is 6.10 Å². The maximum absolute atomic E-state index is 12.9. The fraction of sp³-hybridized carbons (Fsp3) is 0.278. The van der Waals surface area contributed by atoms with Crippen LogP contribution in [0.3, 0.4) is 0 Å². The summed E-state index contributed by atoms with van der Waals surface area (Å²) in [5, 5.41) is 8.73. The van der Waals surface area contributed by atoms with Crippen molar-refractivity contribution < 1.29 is 9.53 Å². The molecular weight excluding hydrogens is 304 g/mol. The van der Waals surface area contributed by atoms with Gasteiger partial charge in [0.2, 0.25) is 5.88 Å². The van der Waals surface area contributed by atoms with Crippen LogP contribution in [-0.4, -0.2) is 45.2 Å². The Kier molecular flexibility index (Phi) is 3.86. The number of H-pyrrole nitrogens is 1. The van der Waals surface area contributed by atoms with E-state index >= 15 is 0 Å². The zero-order valence-electron chi connectivity index (χ0n) is 13.2. The number of fused-ring (bicyclic) bond motifs is 1. The van der Waals surface area contributed by atoms with E-state index in [2.05, 4.69) is 15.2 Å². The lowest BCUT2D eigenvalue weighted by Crippen LogP contribution is -2.44. The molecule has 0 spiro atoms. The van der Waals surface area contributed by atoms with Crippen LogP contribution in [0.1, 0.15) is 23.2 Å². The van der Waals surface area contributed by atoms with Crippen molar-refractivity contribution in [2.45, 2.75) is 18.9 Å². The van der Waals surface area contributed by atoms with E-state index in [1.54, 1.807) is 24.5 Å². The fourth-order valence-corrected chi connectivity index (χ4v) is 3.16. The molecule has 4 rings (SSSR count). The first kappa shape index (κ1) is 14.7. The van der Waals surface area contributed by atoms with Crippen LogP contribution >= 0.6 is 0 Å². The Morgan fingerprint density at radius 3 is 3.04 bits per heavy atom. The molecule has 1 amide bonds. The van der Waals surface area contributed by atoms with Crippen LogP contribution in [0, 0.1) is 0 Å². The predicted octanol–water partition coefficient (Wildman–Crippen LogP) is 2.64. The second kappa shape index (κ2) is 6.31. The molecule has 1 unspecified atom stereocenters. The van der Waals surface area contributed by atoms with Crippen molar-refractivity contribution in [1.29, 1.82) is 0 Å². The molecule has 1 aliphatic rings. The summed E-state index contributed by atoms with van der Waals surface area (Å²) < 4.78 is 5.87. The van der Waals surface area contributed by atoms with E-state index < -0.39 is 0 Å². The molecule has 1 aliphatic heterocycles. The van der Waals surface area contributed by atoms with Gasteiger partial charge in [-0.3, -0.25) is 4.79 Å². The van der Waals surface area contributed by atoms with Gasteiger partial charge in [0, 0.05) is 35.9 Å².